The van der Waals surface area contributed by atoms with Crippen LogP contribution in [0.2, 0.25) is 0 Å². The van der Waals surface area contributed by atoms with E-state index in [-0.39, 0.29) is 6.10 Å². The molecule has 0 saturated heterocycles. The van der Waals surface area contributed by atoms with Gasteiger partial charge in [0.05, 0.1) is 6.10 Å². The number of hydrogen-bond acceptors (Lipinski definition) is 3. The summed E-state index contributed by atoms with van der Waals surface area (Å²) in [7, 11) is 0. The third-order valence-electron chi connectivity index (χ3n) is 3.52. The fourth-order valence-corrected chi connectivity index (χ4v) is 2.35. The molecule has 18 heavy (non-hydrogen) atoms. The molecule has 0 amide bonds. The Hall–Kier alpha value is -1.06. The van der Waals surface area contributed by atoms with E-state index in [0.29, 0.717) is 12.6 Å². The molecule has 100 valence electrons. The first-order chi connectivity index (χ1) is 8.74. The molecular weight excluding hydrogens is 226 g/mol. The van der Waals surface area contributed by atoms with Gasteiger partial charge in [-0.05, 0) is 44.7 Å². The Labute approximate surface area is 109 Å². The highest BCUT2D eigenvalue weighted by Crippen LogP contribution is 2.18. The fraction of sp³-hybridized carbons (Fsp3) is 0.600. The third-order valence-corrected chi connectivity index (χ3v) is 3.52. The standard InChI is InChI=1S/C15H23NO2/c1-12-2-8-15(9-3-12)18-11-10-16-13-4-6-14(17)7-5-13/h2-3,8-9,13-14,16-17H,4-7,10-11H2,1H3/t13-,14+. The first kappa shape index (κ1) is 13.4. The van der Waals surface area contributed by atoms with Crippen LogP contribution in [0.5, 0.6) is 5.75 Å². The molecule has 0 atom stereocenters. The second-order valence-corrected chi connectivity index (χ2v) is 5.12. The normalized spacial score (nSPS) is 23.9. The van der Waals surface area contributed by atoms with Crippen molar-refractivity contribution in [2.75, 3.05) is 13.2 Å². The van der Waals surface area contributed by atoms with Gasteiger partial charge in [0, 0.05) is 12.6 Å². The zero-order valence-electron chi connectivity index (χ0n) is 11.1. The maximum Gasteiger partial charge on any atom is 0.119 e. The van der Waals surface area contributed by atoms with Gasteiger partial charge in [-0.1, -0.05) is 17.7 Å². The lowest BCUT2D eigenvalue weighted by molar-refractivity contribution is 0.116. The van der Waals surface area contributed by atoms with Crippen LogP contribution < -0.4 is 10.1 Å². The molecule has 1 fully saturated rings. The SMILES string of the molecule is Cc1ccc(OCCN[C@H]2CC[C@@H](O)CC2)cc1. The Morgan fingerprint density at radius 3 is 2.50 bits per heavy atom. The number of nitrogens with one attached hydrogen (secondary N) is 1. The maximum atomic E-state index is 9.42. The Balaban J connectivity index is 1.60. The summed E-state index contributed by atoms with van der Waals surface area (Å²) in [5, 5.41) is 12.9. The van der Waals surface area contributed by atoms with Gasteiger partial charge >= 0.3 is 0 Å². The summed E-state index contributed by atoms with van der Waals surface area (Å²) in [6.45, 7) is 3.64. The average Bonchev–Trinajstić information content (AvgIpc) is 2.39. The first-order valence-corrected chi connectivity index (χ1v) is 6.85. The van der Waals surface area contributed by atoms with E-state index in [2.05, 4.69) is 24.4 Å². The molecule has 0 spiro atoms. The van der Waals surface area contributed by atoms with Crippen molar-refractivity contribution in [3.8, 4) is 5.75 Å². The molecule has 2 N–H and O–H groups in total. The minimum atomic E-state index is -0.0770. The van der Waals surface area contributed by atoms with Crippen LogP contribution in [0.15, 0.2) is 24.3 Å². The minimum Gasteiger partial charge on any atom is -0.492 e. The number of benzene rings is 1. The van der Waals surface area contributed by atoms with Gasteiger partial charge in [0.2, 0.25) is 0 Å². The van der Waals surface area contributed by atoms with Crippen LogP contribution in [-0.4, -0.2) is 30.4 Å². The molecule has 2 rings (SSSR count). The van der Waals surface area contributed by atoms with Gasteiger partial charge in [-0.25, -0.2) is 0 Å². The van der Waals surface area contributed by atoms with Crippen molar-refractivity contribution in [2.45, 2.75) is 44.8 Å². The third kappa shape index (κ3) is 4.31. The van der Waals surface area contributed by atoms with E-state index in [1.54, 1.807) is 0 Å². The van der Waals surface area contributed by atoms with Gasteiger partial charge in [0.25, 0.3) is 0 Å². The second kappa shape index (κ2) is 6.76. The average molecular weight is 249 g/mol. The molecule has 1 aliphatic rings. The fourth-order valence-electron chi connectivity index (χ4n) is 2.35. The van der Waals surface area contributed by atoms with Crippen LogP contribution in [0, 0.1) is 6.92 Å². The predicted molar refractivity (Wildman–Crippen MR) is 72.9 cm³/mol. The van der Waals surface area contributed by atoms with Crippen LogP contribution in [0.3, 0.4) is 0 Å². The summed E-state index contributed by atoms with van der Waals surface area (Å²) in [5.41, 5.74) is 1.25. The van der Waals surface area contributed by atoms with Crippen molar-refractivity contribution < 1.29 is 9.84 Å². The van der Waals surface area contributed by atoms with Gasteiger partial charge in [0.1, 0.15) is 12.4 Å². The summed E-state index contributed by atoms with van der Waals surface area (Å²) in [4.78, 5) is 0. The molecule has 1 aromatic rings. The van der Waals surface area contributed by atoms with E-state index in [9.17, 15) is 5.11 Å². The summed E-state index contributed by atoms with van der Waals surface area (Å²) in [6, 6.07) is 8.69. The molecule has 0 unspecified atom stereocenters. The second-order valence-electron chi connectivity index (χ2n) is 5.12. The van der Waals surface area contributed by atoms with Crippen LogP contribution in [0.4, 0.5) is 0 Å². The van der Waals surface area contributed by atoms with Gasteiger partial charge in [0.15, 0.2) is 0 Å². The summed E-state index contributed by atoms with van der Waals surface area (Å²) >= 11 is 0. The van der Waals surface area contributed by atoms with E-state index >= 15 is 0 Å². The number of aryl methyl sites for hydroxylation is 1. The first-order valence-electron chi connectivity index (χ1n) is 6.85. The van der Waals surface area contributed by atoms with Crippen molar-refractivity contribution in [1.29, 1.82) is 0 Å². The lowest BCUT2D eigenvalue weighted by Crippen LogP contribution is -2.36. The number of hydrogen-bond donors (Lipinski definition) is 2. The van der Waals surface area contributed by atoms with E-state index < -0.39 is 0 Å². The molecular formula is C15H23NO2. The Bertz CT molecular complexity index is 342. The molecule has 3 heteroatoms. The highest BCUT2D eigenvalue weighted by Gasteiger charge is 2.18. The molecule has 0 heterocycles. The van der Waals surface area contributed by atoms with Crippen molar-refractivity contribution in [2.24, 2.45) is 0 Å². The molecule has 1 aromatic carbocycles. The smallest absolute Gasteiger partial charge is 0.119 e. The lowest BCUT2D eigenvalue weighted by Gasteiger charge is -2.26. The summed E-state index contributed by atoms with van der Waals surface area (Å²) < 4.78 is 5.66. The van der Waals surface area contributed by atoms with Crippen LogP contribution in [0.1, 0.15) is 31.2 Å². The molecule has 1 saturated carbocycles. The van der Waals surface area contributed by atoms with Crippen molar-refractivity contribution in [1.82, 2.24) is 5.32 Å². The molecule has 0 aromatic heterocycles. The van der Waals surface area contributed by atoms with Crippen molar-refractivity contribution in [3.05, 3.63) is 29.8 Å². The molecule has 0 radical (unpaired) electrons. The van der Waals surface area contributed by atoms with Crippen molar-refractivity contribution >= 4 is 0 Å². The van der Waals surface area contributed by atoms with Gasteiger partial charge < -0.3 is 15.2 Å². The molecule has 0 aliphatic heterocycles. The van der Waals surface area contributed by atoms with E-state index in [1.165, 1.54) is 5.56 Å². The lowest BCUT2D eigenvalue weighted by atomic mass is 9.93. The van der Waals surface area contributed by atoms with Gasteiger partial charge in [-0.3, -0.25) is 0 Å². The van der Waals surface area contributed by atoms with E-state index in [4.69, 9.17) is 4.74 Å². The Kier molecular flexibility index (Phi) is 5.02. The van der Waals surface area contributed by atoms with Crippen LogP contribution in [0.25, 0.3) is 0 Å². The molecule has 3 nitrogen and oxygen atoms in total. The van der Waals surface area contributed by atoms with Crippen LogP contribution >= 0.6 is 0 Å². The zero-order chi connectivity index (χ0) is 12.8. The molecule has 1 aliphatic carbocycles. The molecule has 0 bridgehead atoms. The van der Waals surface area contributed by atoms with Gasteiger partial charge in [-0.2, -0.15) is 0 Å². The quantitative estimate of drug-likeness (QED) is 0.787. The number of ether oxygens (including phenoxy) is 1. The predicted octanol–water partition coefficient (Wildman–Crippen LogP) is 2.27. The van der Waals surface area contributed by atoms with E-state index in [0.717, 1.165) is 38.0 Å². The highest BCUT2D eigenvalue weighted by molar-refractivity contribution is 5.26. The maximum absolute atomic E-state index is 9.42. The Morgan fingerprint density at radius 1 is 1.17 bits per heavy atom. The zero-order valence-corrected chi connectivity index (χ0v) is 11.1. The van der Waals surface area contributed by atoms with E-state index in [1.807, 2.05) is 12.1 Å². The highest BCUT2D eigenvalue weighted by atomic mass is 16.5. The monoisotopic (exact) mass is 249 g/mol. The topological polar surface area (TPSA) is 41.5 Å². The van der Waals surface area contributed by atoms with Gasteiger partial charge in [-0.15, -0.1) is 0 Å². The van der Waals surface area contributed by atoms with Crippen molar-refractivity contribution in [3.63, 3.8) is 0 Å². The largest absolute Gasteiger partial charge is 0.492 e. The number of aliphatic hydroxyl groups excluding tert-OH is 1. The number of aliphatic hydroxyl groups is 1. The van der Waals surface area contributed by atoms with Crippen LogP contribution in [-0.2, 0) is 0 Å². The number of rotatable bonds is 5. The summed E-state index contributed by atoms with van der Waals surface area (Å²) in [5.74, 6) is 0.932. The Morgan fingerprint density at radius 2 is 1.83 bits per heavy atom. The summed E-state index contributed by atoms with van der Waals surface area (Å²) in [6.07, 6.45) is 3.93. The minimum absolute atomic E-state index is 0.0770.